The third-order valence-corrected chi connectivity index (χ3v) is 4.53. The van der Waals surface area contributed by atoms with Gasteiger partial charge >= 0.3 is 0 Å². The van der Waals surface area contributed by atoms with Gasteiger partial charge in [-0.15, -0.1) is 0 Å². The molecule has 0 amide bonds. The van der Waals surface area contributed by atoms with E-state index in [0.29, 0.717) is 6.42 Å². The van der Waals surface area contributed by atoms with E-state index in [0.717, 1.165) is 39.1 Å². The fourth-order valence-electron chi connectivity index (χ4n) is 2.51. The van der Waals surface area contributed by atoms with E-state index in [1.807, 2.05) is 0 Å². The molecule has 1 rings (SSSR count). The van der Waals surface area contributed by atoms with Gasteiger partial charge in [-0.3, -0.25) is 9.45 Å². The van der Waals surface area contributed by atoms with Gasteiger partial charge in [-0.1, -0.05) is 38.5 Å². The highest BCUT2D eigenvalue weighted by Crippen LogP contribution is 2.10. The molecule has 0 bridgehead atoms. The van der Waals surface area contributed by atoms with Crippen molar-refractivity contribution in [3.63, 3.8) is 0 Å². The second-order valence-electron chi connectivity index (χ2n) is 5.57. The van der Waals surface area contributed by atoms with Crippen LogP contribution in [0.3, 0.4) is 0 Å². The number of rotatable bonds is 11. The van der Waals surface area contributed by atoms with Crippen molar-refractivity contribution in [1.82, 2.24) is 4.90 Å². The molecule has 0 aromatic carbocycles. The average molecular weight is 307 g/mol. The van der Waals surface area contributed by atoms with Crippen LogP contribution in [0.2, 0.25) is 0 Å². The van der Waals surface area contributed by atoms with Gasteiger partial charge in [-0.2, -0.15) is 8.42 Å². The Bertz CT molecular complexity index is 326. The first kappa shape index (κ1) is 17.9. The maximum atomic E-state index is 10.5. The smallest absolute Gasteiger partial charge is 0.264 e. The topological polar surface area (TPSA) is 66.8 Å². The number of unbranched alkanes of at least 4 members (excludes halogenated alkanes) is 7. The maximum absolute atomic E-state index is 10.5. The Kier molecular flexibility index (Phi) is 9.42. The predicted molar refractivity (Wildman–Crippen MR) is 80.6 cm³/mol. The van der Waals surface area contributed by atoms with Gasteiger partial charge < -0.3 is 4.74 Å². The van der Waals surface area contributed by atoms with Crippen LogP contribution in [0.5, 0.6) is 0 Å². The van der Waals surface area contributed by atoms with Gasteiger partial charge in [0.1, 0.15) is 0 Å². The molecule has 1 saturated heterocycles. The van der Waals surface area contributed by atoms with Crippen LogP contribution in [0.4, 0.5) is 0 Å². The van der Waals surface area contributed by atoms with E-state index in [1.54, 1.807) is 0 Å². The van der Waals surface area contributed by atoms with E-state index < -0.39 is 10.1 Å². The van der Waals surface area contributed by atoms with Crippen molar-refractivity contribution in [3.8, 4) is 0 Å². The van der Waals surface area contributed by atoms with Crippen LogP contribution >= 0.6 is 0 Å². The zero-order chi connectivity index (χ0) is 14.7. The van der Waals surface area contributed by atoms with Gasteiger partial charge in [0.15, 0.2) is 0 Å². The first-order valence-electron chi connectivity index (χ1n) is 7.83. The lowest BCUT2D eigenvalue weighted by Crippen LogP contribution is -2.36. The lowest BCUT2D eigenvalue weighted by atomic mass is 10.1. The molecule has 6 heteroatoms. The van der Waals surface area contributed by atoms with Crippen molar-refractivity contribution in [1.29, 1.82) is 0 Å². The third kappa shape index (κ3) is 10.6. The minimum atomic E-state index is -3.75. The second-order valence-corrected chi connectivity index (χ2v) is 7.14. The molecule has 0 unspecified atom stereocenters. The first-order chi connectivity index (χ1) is 9.58. The van der Waals surface area contributed by atoms with Crippen LogP contribution < -0.4 is 0 Å². The molecule has 0 radical (unpaired) electrons. The van der Waals surface area contributed by atoms with E-state index in [-0.39, 0.29) is 5.75 Å². The third-order valence-electron chi connectivity index (χ3n) is 3.73. The molecular formula is C14H29NO4S. The molecule has 0 atom stereocenters. The molecule has 5 nitrogen and oxygen atoms in total. The van der Waals surface area contributed by atoms with Crippen LogP contribution in [0.1, 0.15) is 51.4 Å². The SMILES string of the molecule is O=S(=O)(O)CCCCCCCCCCN1CCOCC1. The van der Waals surface area contributed by atoms with Crippen molar-refractivity contribution in [2.75, 3.05) is 38.6 Å². The van der Waals surface area contributed by atoms with Crippen molar-refractivity contribution in [2.24, 2.45) is 0 Å². The molecule has 1 aliphatic heterocycles. The highest BCUT2D eigenvalue weighted by atomic mass is 32.2. The lowest BCUT2D eigenvalue weighted by Gasteiger charge is -2.26. The normalized spacial score (nSPS) is 17.4. The quantitative estimate of drug-likeness (QED) is 0.469. The van der Waals surface area contributed by atoms with E-state index in [4.69, 9.17) is 9.29 Å². The molecule has 120 valence electrons. The minimum Gasteiger partial charge on any atom is -0.379 e. The number of hydrogen-bond acceptors (Lipinski definition) is 4. The van der Waals surface area contributed by atoms with Gasteiger partial charge in [0, 0.05) is 13.1 Å². The van der Waals surface area contributed by atoms with Gasteiger partial charge in [0.25, 0.3) is 10.1 Å². The Balaban J connectivity index is 1.78. The van der Waals surface area contributed by atoms with E-state index >= 15 is 0 Å². The van der Waals surface area contributed by atoms with Crippen LogP contribution in [-0.2, 0) is 14.9 Å². The molecule has 20 heavy (non-hydrogen) atoms. The summed E-state index contributed by atoms with van der Waals surface area (Å²) in [6.45, 7) is 5.10. The van der Waals surface area contributed by atoms with Gasteiger partial charge in [0.2, 0.25) is 0 Å². The summed E-state index contributed by atoms with van der Waals surface area (Å²) in [6.07, 6.45) is 8.76. The van der Waals surface area contributed by atoms with Gasteiger partial charge in [-0.25, -0.2) is 0 Å². The fourth-order valence-corrected chi connectivity index (χ4v) is 3.07. The highest BCUT2D eigenvalue weighted by Gasteiger charge is 2.08. The summed E-state index contributed by atoms with van der Waals surface area (Å²) in [6, 6.07) is 0. The predicted octanol–water partition coefficient (Wildman–Crippen LogP) is 2.33. The van der Waals surface area contributed by atoms with Crippen molar-refractivity contribution >= 4 is 10.1 Å². The zero-order valence-electron chi connectivity index (χ0n) is 12.4. The molecule has 1 N–H and O–H groups in total. The number of hydrogen-bond donors (Lipinski definition) is 1. The summed E-state index contributed by atoms with van der Waals surface area (Å²) in [5.74, 6) is -0.0907. The molecule has 0 aromatic heterocycles. The van der Waals surface area contributed by atoms with Crippen LogP contribution in [0.15, 0.2) is 0 Å². The Labute approximate surface area is 123 Å². The average Bonchev–Trinajstić information content (AvgIpc) is 2.41. The molecule has 1 aliphatic rings. The largest absolute Gasteiger partial charge is 0.379 e. The van der Waals surface area contributed by atoms with Crippen LogP contribution in [0.25, 0.3) is 0 Å². The summed E-state index contributed by atoms with van der Waals surface area (Å²) < 4.78 is 34.9. The first-order valence-corrected chi connectivity index (χ1v) is 9.44. The van der Waals surface area contributed by atoms with E-state index in [9.17, 15) is 8.42 Å². The second kappa shape index (κ2) is 10.5. The summed E-state index contributed by atoms with van der Waals surface area (Å²) in [5, 5.41) is 0. The standard InChI is InChI=1S/C14H29NO4S/c16-20(17,18)14-8-6-4-2-1-3-5-7-9-15-10-12-19-13-11-15/h1-14H2,(H,16,17,18). The number of nitrogens with zero attached hydrogens (tertiary/aromatic N) is 1. The maximum Gasteiger partial charge on any atom is 0.264 e. The van der Waals surface area contributed by atoms with Crippen molar-refractivity contribution in [3.05, 3.63) is 0 Å². The summed E-state index contributed by atoms with van der Waals surface area (Å²) in [7, 11) is -3.75. The van der Waals surface area contributed by atoms with Crippen LogP contribution in [-0.4, -0.2) is 56.5 Å². The summed E-state index contributed by atoms with van der Waals surface area (Å²) in [5.41, 5.74) is 0. The van der Waals surface area contributed by atoms with Crippen molar-refractivity contribution < 1.29 is 17.7 Å². The highest BCUT2D eigenvalue weighted by molar-refractivity contribution is 7.85. The molecule has 0 saturated carbocycles. The molecule has 1 fully saturated rings. The molecular weight excluding hydrogens is 278 g/mol. The van der Waals surface area contributed by atoms with E-state index in [2.05, 4.69) is 4.90 Å². The summed E-state index contributed by atoms with van der Waals surface area (Å²) in [4.78, 5) is 2.47. The number of morpholine rings is 1. The lowest BCUT2D eigenvalue weighted by molar-refractivity contribution is 0.0371. The monoisotopic (exact) mass is 307 g/mol. The zero-order valence-corrected chi connectivity index (χ0v) is 13.2. The Morgan fingerprint density at radius 1 is 0.850 bits per heavy atom. The van der Waals surface area contributed by atoms with Crippen LogP contribution in [0, 0.1) is 0 Å². The van der Waals surface area contributed by atoms with Gasteiger partial charge in [0.05, 0.1) is 19.0 Å². The minimum absolute atomic E-state index is 0.0907. The molecule has 0 aromatic rings. The Morgan fingerprint density at radius 3 is 1.90 bits per heavy atom. The van der Waals surface area contributed by atoms with E-state index in [1.165, 1.54) is 38.6 Å². The Hall–Kier alpha value is -0.170. The molecule has 1 heterocycles. The van der Waals surface area contributed by atoms with Gasteiger partial charge in [-0.05, 0) is 19.4 Å². The fraction of sp³-hybridized carbons (Fsp3) is 1.00. The van der Waals surface area contributed by atoms with Crippen molar-refractivity contribution in [2.45, 2.75) is 51.4 Å². The molecule has 0 spiro atoms. The summed E-state index contributed by atoms with van der Waals surface area (Å²) >= 11 is 0. The Morgan fingerprint density at radius 2 is 1.35 bits per heavy atom. The molecule has 0 aliphatic carbocycles. The number of ether oxygens (including phenoxy) is 1.